The van der Waals surface area contributed by atoms with Gasteiger partial charge < -0.3 is 15.4 Å². The van der Waals surface area contributed by atoms with Crippen molar-refractivity contribution in [3.8, 4) is 0 Å². The summed E-state index contributed by atoms with van der Waals surface area (Å²) in [5.41, 5.74) is 1.64. The number of benzene rings is 1. The van der Waals surface area contributed by atoms with E-state index in [1.807, 2.05) is 19.1 Å². The molecule has 0 saturated carbocycles. The van der Waals surface area contributed by atoms with E-state index in [-0.39, 0.29) is 38.4 Å². The Labute approximate surface area is 139 Å². The summed E-state index contributed by atoms with van der Waals surface area (Å²) in [5, 5.41) is 5.02. The number of ether oxygens (including phenoxy) is 1. The van der Waals surface area contributed by atoms with E-state index in [1.54, 1.807) is 12.1 Å². The van der Waals surface area contributed by atoms with E-state index >= 15 is 0 Å². The Morgan fingerprint density at radius 1 is 1.33 bits per heavy atom. The van der Waals surface area contributed by atoms with Crippen molar-refractivity contribution in [1.29, 1.82) is 0 Å². The predicted molar refractivity (Wildman–Crippen MR) is 85.1 cm³/mol. The number of hydrogen-bond donors (Lipinski definition) is 2. The number of urea groups is 1. The topological polar surface area (TPSA) is 105 Å². The van der Waals surface area contributed by atoms with Crippen molar-refractivity contribution in [3.05, 3.63) is 29.8 Å². The van der Waals surface area contributed by atoms with Crippen LogP contribution < -0.4 is 10.6 Å². The van der Waals surface area contributed by atoms with Crippen LogP contribution in [0.4, 0.5) is 10.5 Å². The molecule has 2 rings (SSSR count). The fraction of sp³-hybridized carbons (Fsp3) is 0.375. The fourth-order valence-corrected chi connectivity index (χ4v) is 2.20. The van der Waals surface area contributed by atoms with Crippen LogP contribution in [-0.2, 0) is 19.1 Å². The molecule has 1 aromatic carbocycles. The lowest BCUT2D eigenvalue weighted by molar-refractivity contribution is -0.147. The van der Waals surface area contributed by atoms with Gasteiger partial charge in [-0.1, -0.05) is 12.1 Å². The van der Waals surface area contributed by atoms with Gasteiger partial charge in [0.25, 0.3) is 5.91 Å². The van der Waals surface area contributed by atoms with E-state index in [2.05, 4.69) is 10.6 Å². The summed E-state index contributed by atoms with van der Waals surface area (Å²) in [5.74, 6) is -1.30. The van der Waals surface area contributed by atoms with Gasteiger partial charge in [-0.05, 0) is 31.0 Å². The maximum absolute atomic E-state index is 11.7. The summed E-state index contributed by atoms with van der Waals surface area (Å²) in [7, 11) is 0. The minimum atomic E-state index is -0.554. The molecule has 1 aliphatic heterocycles. The third-order valence-electron chi connectivity index (χ3n) is 3.37. The number of hydrogen-bond acceptors (Lipinski definition) is 5. The van der Waals surface area contributed by atoms with Crippen LogP contribution >= 0.6 is 0 Å². The van der Waals surface area contributed by atoms with E-state index in [0.29, 0.717) is 5.69 Å². The van der Waals surface area contributed by atoms with E-state index in [4.69, 9.17) is 4.74 Å². The van der Waals surface area contributed by atoms with Crippen LogP contribution in [0.1, 0.15) is 18.4 Å². The molecule has 0 bridgehead atoms. The van der Waals surface area contributed by atoms with Gasteiger partial charge in [-0.2, -0.15) is 0 Å². The second kappa shape index (κ2) is 8.09. The lowest BCUT2D eigenvalue weighted by atomic mass is 10.2. The highest BCUT2D eigenvalue weighted by Crippen LogP contribution is 2.09. The number of carbonyl (C=O) groups is 4. The first-order chi connectivity index (χ1) is 11.5. The second-order valence-corrected chi connectivity index (χ2v) is 5.39. The summed E-state index contributed by atoms with van der Waals surface area (Å²) < 4.78 is 4.87. The van der Waals surface area contributed by atoms with Gasteiger partial charge in [0, 0.05) is 18.7 Å². The molecule has 0 aliphatic carbocycles. The zero-order valence-electron chi connectivity index (χ0n) is 13.3. The summed E-state index contributed by atoms with van der Waals surface area (Å²) in [6.07, 6.45) is 0.312. The first-order valence-electron chi connectivity index (χ1n) is 7.56. The molecule has 8 heteroatoms. The number of nitrogens with zero attached hydrogens (tertiary/aromatic N) is 1. The van der Waals surface area contributed by atoms with Gasteiger partial charge in [-0.3, -0.25) is 19.3 Å². The largest absolute Gasteiger partial charge is 0.456 e. The summed E-state index contributed by atoms with van der Waals surface area (Å²) in [4.78, 5) is 47.0. The Balaban J connectivity index is 1.65. The molecule has 0 radical (unpaired) electrons. The summed E-state index contributed by atoms with van der Waals surface area (Å²) in [6.45, 7) is 1.66. The molecule has 4 amide bonds. The quantitative estimate of drug-likeness (QED) is 0.567. The minimum absolute atomic E-state index is 0.0115. The highest BCUT2D eigenvalue weighted by Gasteiger charge is 2.27. The molecule has 24 heavy (non-hydrogen) atoms. The smallest absolute Gasteiger partial charge is 0.324 e. The zero-order valence-corrected chi connectivity index (χ0v) is 13.3. The number of aryl methyl sites for hydroxylation is 1. The summed E-state index contributed by atoms with van der Waals surface area (Å²) in [6, 6.07) is 6.81. The first-order valence-corrected chi connectivity index (χ1v) is 7.56. The van der Waals surface area contributed by atoms with E-state index in [1.165, 1.54) is 0 Å². The van der Waals surface area contributed by atoms with Crippen molar-refractivity contribution in [2.75, 3.05) is 25.0 Å². The SMILES string of the molecule is Cc1cccc(NC(=O)COC(=O)CCCN2C(=O)CNC2=O)c1. The van der Waals surface area contributed by atoms with Crippen LogP contribution in [0.2, 0.25) is 0 Å². The van der Waals surface area contributed by atoms with Gasteiger partial charge >= 0.3 is 12.0 Å². The Kier molecular flexibility index (Phi) is 5.89. The van der Waals surface area contributed by atoms with E-state index < -0.39 is 17.9 Å². The number of rotatable bonds is 7. The van der Waals surface area contributed by atoms with Crippen LogP contribution in [0, 0.1) is 6.92 Å². The highest BCUT2D eigenvalue weighted by atomic mass is 16.5. The van der Waals surface area contributed by atoms with E-state index in [9.17, 15) is 19.2 Å². The number of carbonyl (C=O) groups excluding carboxylic acids is 4. The molecule has 8 nitrogen and oxygen atoms in total. The third-order valence-corrected chi connectivity index (χ3v) is 3.37. The maximum atomic E-state index is 11.7. The molecule has 1 saturated heterocycles. The second-order valence-electron chi connectivity index (χ2n) is 5.39. The van der Waals surface area contributed by atoms with Crippen molar-refractivity contribution in [3.63, 3.8) is 0 Å². The first kappa shape index (κ1) is 17.5. The van der Waals surface area contributed by atoms with Crippen molar-refractivity contribution in [1.82, 2.24) is 10.2 Å². The van der Waals surface area contributed by atoms with Gasteiger partial charge in [-0.25, -0.2) is 4.79 Å². The summed E-state index contributed by atoms with van der Waals surface area (Å²) >= 11 is 0. The maximum Gasteiger partial charge on any atom is 0.324 e. The van der Waals surface area contributed by atoms with Crippen LogP contribution in [0.3, 0.4) is 0 Å². The van der Waals surface area contributed by atoms with Gasteiger partial charge in [0.2, 0.25) is 5.91 Å². The Bertz CT molecular complexity index is 643. The number of nitrogens with one attached hydrogen (secondary N) is 2. The van der Waals surface area contributed by atoms with Crippen molar-refractivity contribution in [2.24, 2.45) is 0 Å². The number of anilines is 1. The lowest BCUT2D eigenvalue weighted by Crippen LogP contribution is -2.32. The fourth-order valence-electron chi connectivity index (χ4n) is 2.20. The van der Waals surface area contributed by atoms with Crippen LogP contribution in [0.5, 0.6) is 0 Å². The average Bonchev–Trinajstić information content (AvgIpc) is 2.85. The number of esters is 1. The zero-order chi connectivity index (χ0) is 17.5. The van der Waals surface area contributed by atoms with Crippen molar-refractivity contribution < 1.29 is 23.9 Å². The molecule has 0 spiro atoms. The van der Waals surface area contributed by atoms with Gasteiger partial charge in [0.05, 0.1) is 6.54 Å². The molecule has 0 aromatic heterocycles. The molecular weight excluding hydrogens is 314 g/mol. The molecular formula is C16H19N3O5. The van der Waals surface area contributed by atoms with Gasteiger partial charge in [0.15, 0.2) is 6.61 Å². The van der Waals surface area contributed by atoms with Gasteiger partial charge in [0.1, 0.15) is 0 Å². The molecule has 1 fully saturated rings. The minimum Gasteiger partial charge on any atom is -0.456 e. The monoisotopic (exact) mass is 333 g/mol. The molecule has 1 aliphatic rings. The number of imide groups is 1. The highest BCUT2D eigenvalue weighted by molar-refractivity contribution is 6.01. The van der Waals surface area contributed by atoms with Crippen LogP contribution in [0.25, 0.3) is 0 Å². The van der Waals surface area contributed by atoms with Crippen molar-refractivity contribution >= 4 is 29.5 Å². The molecule has 1 heterocycles. The lowest BCUT2D eigenvalue weighted by Gasteiger charge is -2.11. The Morgan fingerprint density at radius 2 is 2.12 bits per heavy atom. The normalized spacial score (nSPS) is 13.6. The van der Waals surface area contributed by atoms with Crippen LogP contribution in [0.15, 0.2) is 24.3 Å². The Hall–Kier alpha value is -2.90. The molecule has 0 atom stereocenters. The molecule has 0 unspecified atom stereocenters. The molecule has 2 N–H and O–H groups in total. The molecule has 128 valence electrons. The Morgan fingerprint density at radius 3 is 2.79 bits per heavy atom. The predicted octanol–water partition coefficient (Wildman–Crippen LogP) is 0.809. The van der Waals surface area contributed by atoms with Crippen molar-refractivity contribution in [2.45, 2.75) is 19.8 Å². The van der Waals surface area contributed by atoms with Crippen LogP contribution in [-0.4, -0.2) is 48.4 Å². The molecule has 1 aromatic rings. The third kappa shape index (κ3) is 5.08. The number of amides is 4. The average molecular weight is 333 g/mol. The van der Waals surface area contributed by atoms with Gasteiger partial charge in [-0.15, -0.1) is 0 Å². The van der Waals surface area contributed by atoms with E-state index in [0.717, 1.165) is 10.5 Å². The standard InChI is InChI=1S/C16H19N3O5/c1-11-4-2-5-12(8-11)18-13(20)10-24-15(22)6-3-7-19-14(21)9-17-16(19)23/h2,4-5,8H,3,6-7,9-10H2,1H3,(H,17,23)(H,18,20).